The lowest BCUT2D eigenvalue weighted by atomic mass is 9.98. The number of hydrogen-bond acceptors (Lipinski definition) is 2. The maximum Gasteiger partial charge on any atom is 0.0573 e. The second kappa shape index (κ2) is 6.10. The van der Waals surface area contributed by atoms with E-state index in [4.69, 9.17) is 5.73 Å². The van der Waals surface area contributed by atoms with Gasteiger partial charge in [0.05, 0.1) is 11.4 Å². The van der Waals surface area contributed by atoms with Crippen LogP contribution < -0.4 is 11.1 Å². The maximum absolute atomic E-state index is 5.89. The summed E-state index contributed by atoms with van der Waals surface area (Å²) in [5.74, 6) is 0.559. The molecule has 0 amide bonds. The normalized spacial score (nSPS) is 12.1. The Labute approximate surface area is 109 Å². The molecule has 3 N–H and O–H groups in total. The van der Waals surface area contributed by atoms with Crippen LogP contribution in [0.4, 0.5) is 11.4 Å². The molecule has 1 unspecified atom stereocenters. The van der Waals surface area contributed by atoms with Crippen LogP contribution in [0.1, 0.15) is 24.8 Å². The summed E-state index contributed by atoms with van der Waals surface area (Å²) in [6, 6.07) is 18.5. The molecule has 2 aromatic rings. The summed E-state index contributed by atoms with van der Waals surface area (Å²) in [6.07, 6.45) is 1.10. The Kier molecular flexibility index (Phi) is 4.24. The SMILES string of the molecule is CC(CCNc1ccccc1N)c1ccccc1. The molecular formula is C16H20N2. The van der Waals surface area contributed by atoms with E-state index in [1.807, 2.05) is 24.3 Å². The average Bonchev–Trinajstić information content (AvgIpc) is 2.42. The number of nitrogens with one attached hydrogen (secondary N) is 1. The third kappa shape index (κ3) is 3.27. The van der Waals surface area contributed by atoms with Gasteiger partial charge >= 0.3 is 0 Å². The fourth-order valence-electron chi connectivity index (χ4n) is 2.03. The van der Waals surface area contributed by atoms with E-state index in [9.17, 15) is 0 Å². The van der Waals surface area contributed by atoms with Crippen LogP contribution >= 0.6 is 0 Å². The van der Waals surface area contributed by atoms with Crippen LogP contribution in [0.3, 0.4) is 0 Å². The van der Waals surface area contributed by atoms with Gasteiger partial charge < -0.3 is 11.1 Å². The van der Waals surface area contributed by atoms with Gasteiger partial charge in [0.2, 0.25) is 0 Å². The topological polar surface area (TPSA) is 38.0 Å². The van der Waals surface area contributed by atoms with E-state index in [1.165, 1.54) is 5.56 Å². The van der Waals surface area contributed by atoms with Crippen LogP contribution in [0, 0.1) is 0 Å². The summed E-state index contributed by atoms with van der Waals surface area (Å²) >= 11 is 0. The van der Waals surface area contributed by atoms with Crippen molar-refractivity contribution in [2.45, 2.75) is 19.3 Å². The second-order valence-electron chi connectivity index (χ2n) is 4.61. The van der Waals surface area contributed by atoms with Crippen LogP contribution in [0.5, 0.6) is 0 Å². The molecule has 18 heavy (non-hydrogen) atoms. The number of rotatable bonds is 5. The molecule has 0 bridgehead atoms. The first-order valence-corrected chi connectivity index (χ1v) is 6.40. The molecule has 2 aromatic carbocycles. The molecule has 94 valence electrons. The first kappa shape index (κ1) is 12.5. The van der Waals surface area contributed by atoms with E-state index >= 15 is 0 Å². The van der Waals surface area contributed by atoms with Gasteiger partial charge in [-0.15, -0.1) is 0 Å². The summed E-state index contributed by atoms with van der Waals surface area (Å²) in [5.41, 5.74) is 9.11. The summed E-state index contributed by atoms with van der Waals surface area (Å²) in [6.45, 7) is 3.19. The van der Waals surface area contributed by atoms with Gasteiger partial charge in [0.15, 0.2) is 0 Å². The lowest BCUT2D eigenvalue weighted by molar-refractivity contribution is 0.706. The van der Waals surface area contributed by atoms with Crippen LogP contribution in [-0.4, -0.2) is 6.54 Å². The van der Waals surface area contributed by atoms with Crippen molar-refractivity contribution in [3.8, 4) is 0 Å². The largest absolute Gasteiger partial charge is 0.397 e. The molecule has 2 nitrogen and oxygen atoms in total. The van der Waals surface area contributed by atoms with Crippen molar-refractivity contribution in [1.29, 1.82) is 0 Å². The van der Waals surface area contributed by atoms with E-state index in [0.717, 1.165) is 24.3 Å². The van der Waals surface area contributed by atoms with Crippen LogP contribution in [0.25, 0.3) is 0 Å². The van der Waals surface area contributed by atoms with E-state index in [1.54, 1.807) is 0 Å². The summed E-state index contributed by atoms with van der Waals surface area (Å²) in [7, 11) is 0. The molecule has 0 saturated carbocycles. The van der Waals surface area contributed by atoms with E-state index in [0.29, 0.717) is 5.92 Å². The van der Waals surface area contributed by atoms with E-state index < -0.39 is 0 Å². The molecule has 0 fully saturated rings. The molecule has 0 spiro atoms. The van der Waals surface area contributed by atoms with Crippen LogP contribution in [0.15, 0.2) is 54.6 Å². The predicted molar refractivity (Wildman–Crippen MR) is 78.8 cm³/mol. The predicted octanol–water partition coefficient (Wildman–Crippen LogP) is 3.87. The zero-order valence-electron chi connectivity index (χ0n) is 10.8. The molecule has 0 saturated heterocycles. The Morgan fingerprint density at radius 1 is 1.00 bits per heavy atom. The van der Waals surface area contributed by atoms with Gasteiger partial charge in [0, 0.05) is 6.54 Å². The van der Waals surface area contributed by atoms with Crippen molar-refractivity contribution in [3.05, 3.63) is 60.2 Å². The Hall–Kier alpha value is -1.96. The van der Waals surface area contributed by atoms with Crippen molar-refractivity contribution in [3.63, 3.8) is 0 Å². The van der Waals surface area contributed by atoms with Crippen LogP contribution in [-0.2, 0) is 0 Å². The minimum Gasteiger partial charge on any atom is -0.397 e. The fraction of sp³-hybridized carbons (Fsp3) is 0.250. The highest BCUT2D eigenvalue weighted by atomic mass is 14.9. The number of nitrogen functional groups attached to an aromatic ring is 1. The van der Waals surface area contributed by atoms with Crippen molar-refractivity contribution in [2.24, 2.45) is 0 Å². The van der Waals surface area contributed by atoms with Gasteiger partial charge in [0.1, 0.15) is 0 Å². The van der Waals surface area contributed by atoms with E-state index in [-0.39, 0.29) is 0 Å². The van der Waals surface area contributed by atoms with Gasteiger partial charge in [0.25, 0.3) is 0 Å². The molecule has 0 aromatic heterocycles. The van der Waals surface area contributed by atoms with Crippen molar-refractivity contribution in [1.82, 2.24) is 0 Å². The molecule has 0 heterocycles. The lowest BCUT2D eigenvalue weighted by Crippen LogP contribution is -2.07. The zero-order valence-corrected chi connectivity index (χ0v) is 10.8. The van der Waals surface area contributed by atoms with Gasteiger partial charge in [-0.2, -0.15) is 0 Å². The second-order valence-corrected chi connectivity index (χ2v) is 4.61. The number of nitrogens with two attached hydrogens (primary N) is 1. The van der Waals surface area contributed by atoms with Gasteiger partial charge in [-0.3, -0.25) is 0 Å². The highest BCUT2D eigenvalue weighted by Crippen LogP contribution is 2.20. The number of benzene rings is 2. The first-order chi connectivity index (χ1) is 8.77. The Bertz CT molecular complexity index is 479. The number of hydrogen-bond donors (Lipinski definition) is 2. The lowest BCUT2D eigenvalue weighted by Gasteiger charge is -2.14. The molecule has 0 aliphatic carbocycles. The van der Waals surface area contributed by atoms with E-state index in [2.05, 4.69) is 42.6 Å². The number of para-hydroxylation sites is 2. The zero-order chi connectivity index (χ0) is 12.8. The Morgan fingerprint density at radius 3 is 2.39 bits per heavy atom. The maximum atomic E-state index is 5.89. The minimum atomic E-state index is 0.559. The summed E-state index contributed by atoms with van der Waals surface area (Å²) < 4.78 is 0. The highest BCUT2D eigenvalue weighted by Gasteiger charge is 2.04. The van der Waals surface area contributed by atoms with Crippen molar-refractivity contribution in [2.75, 3.05) is 17.6 Å². The summed E-state index contributed by atoms with van der Waals surface area (Å²) in [5, 5.41) is 3.39. The molecular weight excluding hydrogens is 220 g/mol. The molecule has 2 rings (SSSR count). The molecule has 0 aliphatic rings. The quantitative estimate of drug-likeness (QED) is 0.778. The van der Waals surface area contributed by atoms with Gasteiger partial charge in [-0.05, 0) is 30.0 Å². The Balaban J connectivity index is 1.84. The van der Waals surface area contributed by atoms with Crippen molar-refractivity contribution >= 4 is 11.4 Å². The first-order valence-electron chi connectivity index (χ1n) is 6.40. The molecule has 1 atom stereocenters. The third-order valence-corrected chi connectivity index (χ3v) is 3.22. The molecule has 0 radical (unpaired) electrons. The smallest absolute Gasteiger partial charge is 0.0573 e. The monoisotopic (exact) mass is 240 g/mol. The van der Waals surface area contributed by atoms with Gasteiger partial charge in [-0.25, -0.2) is 0 Å². The number of anilines is 2. The van der Waals surface area contributed by atoms with Gasteiger partial charge in [-0.1, -0.05) is 49.4 Å². The fourth-order valence-corrected chi connectivity index (χ4v) is 2.03. The average molecular weight is 240 g/mol. The van der Waals surface area contributed by atoms with Crippen LogP contribution in [0.2, 0.25) is 0 Å². The molecule has 2 heteroatoms. The third-order valence-electron chi connectivity index (χ3n) is 3.22. The Morgan fingerprint density at radius 2 is 1.67 bits per heavy atom. The highest BCUT2D eigenvalue weighted by molar-refractivity contribution is 5.65. The summed E-state index contributed by atoms with van der Waals surface area (Å²) in [4.78, 5) is 0. The molecule has 0 aliphatic heterocycles. The standard InChI is InChI=1S/C16H20N2/c1-13(14-7-3-2-4-8-14)11-12-18-16-10-6-5-9-15(16)17/h2-10,13,18H,11-12,17H2,1H3. The minimum absolute atomic E-state index is 0.559. The van der Waals surface area contributed by atoms with Crippen molar-refractivity contribution < 1.29 is 0 Å².